The maximum atomic E-state index is 12.2. The van der Waals surface area contributed by atoms with Crippen molar-refractivity contribution in [1.82, 2.24) is 0 Å². The molecule has 0 fully saturated rings. The first-order valence-electron chi connectivity index (χ1n) is 7.88. The van der Waals surface area contributed by atoms with Crippen LogP contribution < -0.4 is 4.74 Å². The van der Waals surface area contributed by atoms with Crippen molar-refractivity contribution in [3.8, 4) is 5.75 Å². The van der Waals surface area contributed by atoms with Crippen molar-refractivity contribution >= 4 is 55.0 Å². The molecule has 1 aliphatic rings. The summed E-state index contributed by atoms with van der Waals surface area (Å²) in [6.07, 6.45) is 3.58. The van der Waals surface area contributed by atoms with Gasteiger partial charge in [0.1, 0.15) is 22.4 Å². The highest BCUT2D eigenvalue weighted by Gasteiger charge is 2.22. The van der Waals surface area contributed by atoms with Crippen molar-refractivity contribution in [2.45, 2.75) is 6.61 Å². The highest BCUT2D eigenvalue weighted by molar-refractivity contribution is 9.10. The maximum Gasteiger partial charge on any atom is 0.244 e. The smallest absolute Gasteiger partial charge is 0.244 e. The van der Waals surface area contributed by atoms with Crippen molar-refractivity contribution in [2.75, 3.05) is 5.75 Å². The van der Waals surface area contributed by atoms with E-state index >= 15 is 0 Å². The number of hydrogen-bond donors (Lipinski definition) is 0. The Kier molecular flexibility index (Phi) is 6.77. The minimum atomic E-state index is -0.0504. The second kappa shape index (κ2) is 9.26. The fourth-order valence-corrected chi connectivity index (χ4v) is 4.21. The second-order valence-electron chi connectivity index (χ2n) is 5.35. The Morgan fingerprint density at radius 3 is 2.81 bits per heavy atom. The van der Waals surface area contributed by atoms with Crippen molar-refractivity contribution < 1.29 is 9.53 Å². The number of benzene rings is 2. The van der Waals surface area contributed by atoms with Crippen LogP contribution in [0.25, 0.3) is 6.08 Å². The molecule has 0 radical (unpaired) electrons. The number of nitrogens with zero attached hydrogens (tertiary/aromatic N) is 1. The average molecular weight is 446 g/mol. The molecule has 0 atom stereocenters. The van der Waals surface area contributed by atoms with E-state index in [1.807, 2.05) is 48.5 Å². The average Bonchev–Trinajstić information content (AvgIpc) is 2.99. The maximum absolute atomic E-state index is 12.2. The summed E-state index contributed by atoms with van der Waals surface area (Å²) in [6, 6.07) is 15.7. The third-order valence-electron chi connectivity index (χ3n) is 3.43. The SMILES string of the molecule is C=CCSC1=NC(=Cc2cc(Br)ccc2OCc2ccccc2)C(=O)S1. The number of carbonyl (C=O) groups excluding carboxylic acids is 1. The lowest BCUT2D eigenvalue weighted by Gasteiger charge is -2.10. The fourth-order valence-electron chi connectivity index (χ4n) is 2.23. The quantitative estimate of drug-likeness (QED) is 0.408. The van der Waals surface area contributed by atoms with Crippen LogP contribution >= 0.6 is 39.5 Å². The van der Waals surface area contributed by atoms with Gasteiger partial charge in [-0.15, -0.1) is 6.58 Å². The minimum absolute atomic E-state index is 0.0504. The van der Waals surface area contributed by atoms with Gasteiger partial charge in [0.2, 0.25) is 5.12 Å². The summed E-state index contributed by atoms with van der Waals surface area (Å²) in [4.78, 5) is 16.6. The van der Waals surface area contributed by atoms with Crippen molar-refractivity contribution in [3.05, 3.63) is 82.5 Å². The minimum Gasteiger partial charge on any atom is -0.488 e. The molecule has 26 heavy (non-hydrogen) atoms. The van der Waals surface area contributed by atoms with Crippen LogP contribution in [0.1, 0.15) is 11.1 Å². The van der Waals surface area contributed by atoms with Gasteiger partial charge >= 0.3 is 0 Å². The van der Waals surface area contributed by atoms with Crippen LogP contribution in [0.2, 0.25) is 0 Å². The molecule has 0 bridgehead atoms. The van der Waals surface area contributed by atoms with Gasteiger partial charge in [-0.1, -0.05) is 64.1 Å². The van der Waals surface area contributed by atoms with E-state index in [-0.39, 0.29) is 5.12 Å². The summed E-state index contributed by atoms with van der Waals surface area (Å²) in [5.74, 6) is 1.44. The van der Waals surface area contributed by atoms with E-state index < -0.39 is 0 Å². The summed E-state index contributed by atoms with van der Waals surface area (Å²) in [6.45, 7) is 4.15. The Morgan fingerprint density at radius 1 is 1.23 bits per heavy atom. The van der Waals surface area contributed by atoms with Gasteiger partial charge in [-0.2, -0.15) is 0 Å². The highest BCUT2D eigenvalue weighted by atomic mass is 79.9. The van der Waals surface area contributed by atoms with Crippen molar-refractivity contribution in [2.24, 2.45) is 4.99 Å². The molecule has 132 valence electrons. The predicted octanol–water partition coefficient (Wildman–Crippen LogP) is 5.92. The molecule has 6 heteroatoms. The van der Waals surface area contributed by atoms with Crippen molar-refractivity contribution in [3.63, 3.8) is 0 Å². The zero-order chi connectivity index (χ0) is 18.4. The van der Waals surface area contributed by atoms with E-state index in [9.17, 15) is 4.79 Å². The Morgan fingerprint density at radius 2 is 2.04 bits per heavy atom. The Balaban J connectivity index is 1.82. The van der Waals surface area contributed by atoms with E-state index in [1.165, 1.54) is 11.8 Å². The topological polar surface area (TPSA) is 38.7 Å². The van der Waals surface area contributed by atoms with Gasteiger partial charge in [0.25, 0.3) is 0 Å². The van der Waals surface area contributed by atoms with E-state index in [0.717, 1.165) is 37.5 Å². The van der Waals surface area contributed by atoms with Crippen LogP contribution in [0.3, 0.4) is 0 Å². The molecule has 2 aromatic rings. The molecule has 1 aliphatic heterocycles. The third kappa shape index (κ3) is 5.13. The number of aliphatic imine (C=N–C) groups is 1. The Labute approximate surface area is 169 Å². The fraction of sp³-hybridized carbons (Fsp3) is 0.100. The standard InChI is InChI=1S/C20H16BrNO2S2/c1-2-10-25-20-22-17(19(23)26-20)12-15-11-16(21)8-9-18(15)24-13-14-6-4-3-5-7-14/h2-9,11-12H,1,10,13H2. The number of rotatable bonds is 6. The summed E-state index contributed by atoms with van der Waals surface area (Å²) < 4.78 is 7.63. The van der Waals surface area contributed by atoms with Crippen LogP contribution in [0.15, 0.2) is 76.3 Å². The van der Waals surface area contributed by atoms with Gasteiger partial charge in [-0.3, -0.25) is 4.79 Å². The molecule has 0 unspecified atom stereocenters. The number of halogens is 1. The first-order valence-corrected chi connectivity index (χ1v) is 10.5. The van der Waals surface area contributed by atoms with Crippen LogP contribution in [-0.2, 0) is 11.4 Å². The van der Waals surface area contributed by atoms with Crippen LogP contribution in [0, 0.1) is 0 Å². The molecule has 0 saturated heterocycles. The first-order chi connectivity index (χ1) is 12.7. The molecule has 0 aliphatic carbocycles. The summed E-state index contributed by atoms with van der Waals surface area (Å²) in [5.41, 5.74) is 2.34. The normalized spacial score (nSPS) is 15.2. The highest BCUT2D eigenvalue weighted by Crippen LogP contribution is 2.33. The van der Waals surface area contributed by atoms with E-state index in [0.29, 0.717) is 18.1 Å². The Hall–Kier alpha value is -1.76. The molecule has 0 amide bonds. The summed E-state index contributed by atoms with van der Waals surface area (Å²) in [5, 5.41) is -0.0504. The van der Waals surface area contributed by atoms with Gasteiger partial charge < -0.3 is 4.74 Å². The lowest BCUT2D eigenvalue weighted by molar-refractivity contribution is -0.107. The predicted molar refractivity (Wildman–Crippen MR) is 116 cm³/mol. The molecule has 0 N–H and O–H groups in total. The Bertz CT molecular complexity index is 879. The van der Waals surface area contributed by atoms with E-state index in [2.05, 4.69) is 27.5 Å². The van der Waals surface area contributed by atoms with Gasteiger partial charge in [0.05, 0.1) is 0 Å². The number of carbonyl (C=O) groups is 1. The molecule has 3 rings (SSSR count). The van der Waals surface area contributed by atoms with Crippen LogP contribution in [0.4, 0.5) is 0 Å². The third-order valence-corrected chi connectivity index (χ3v) is 5.92. The number of hydrogen-bond acceptors (Lipinski definition) is 5. The molecule has 1 heterocycles. The zero-order valence-corrected chi connectivity index (χ0v) is 17.1. The zero-order valence-electron chi connectivity index (χ0n) is 13.9. The molecule has 0 spiro atoms. The van der Waals surface area contributed by atoms with Gasteiger partial charge in [-0.25, -0.2) is 4.99 Å². The molecule has 0 saturated carbocycles. The van der Waals surface area contributed by atoms with Crippen molar-refractivity contribution in [1.29, 1.82) is 0 Å². The van der Waals surface area contributed by atoms with Gasteiger partial charge in [0, 0.05) is 15.8 Å². The second-order valence-corrected chi connectivity index (χ2v) is 8.50. The molecule has 2 aromatic carbocycles. The summed E-state index contributed by atoms with van der Waals surface area (Å²) >= 11 is 6.15. The largest absolute Gasteiger partial charge is 0.488 e. The number of thioether (sulfide) groups is 2. The molecule has 0 aromatic heterocycles. The van der Waals surface area contributed by atoms with E-state index in [4.69, 9.17) is 4.74 Å². The lowest BCUT2D eigenvalue weighted by atomic mass is 10.1. The first kappa shape index (κ1) is 19.0. The van der Waals surface area contributed by atoms with Gasteiger partial charge in [-0.05, 0) is 41.6 Å². The monoisotopic (exact) mass is 445 g/mol. The van der Waals surface area contributed by atoms with Crippen LogP contribution in [0.5, 0.6) is 5.75 Å². The van der Waals surface area contributed by atoms with Gasteiger partial charge in [0.15, 0.2) is 0 Å². The van der Waals surface area contributed by atoms with Crippen LogP contribution in [-0.4, -0.2) is 15.2 Å². The molecular weight excluding hydrogens is 430 g/mol. The molecule has 3 nitrogen and oxygen atoms in total. The number of ether oxygens (including phenoxy) is 1. The summed E-state index contributed by atoms with van der Waals surface area (Å²) in [7, 11) is 0. The van der Waals surface area contributed by atoms with E-state index in [1.54, 1.807) is 12.2 Å². The lowest BCUT2D eigenvalue weighted by Crippen LogP contribution is -1.97. The molecular formula is C20H16BrNO2S2.